The summed E-state index contributed by atoms with van der Waals surface area (Å²) in [4.78, 5) is 3.00. The molecular weight excluding hydrogens is 134 g/mol. The van der Waals surface area contributed by atoms with E-state index in [1.807, 2.05) is 0 Å². The van der Waals surface area contributed by atoms with E-state index in [0.717, 1.165) is 0 Å². The van der Waals surface area contributed by atoms with Gasteiger partial charge in [0.05, 0.1) is 0 Å². The molecule has 0 aliphatic rings. The van der Waals surface area contributed by atoms with Crippen molar-refractivity contribution in [2.75, 3.05) is 0 Å². The Morgan fingerprint density at radius 3 is 1.50 bits per heavy atom. The quantitative estimate of drug-likeness (QED) is 0.514. The normalized spacial score (nSPS) is 6.33. The second-order valence-electron chi connectivity index (χ2n) is 1.11. The molecule has 1 radical (unpaired) electrons. The summed E-state index contributed by atoms with van der Waals surface area (Å²) in [5, 5.41) is 0. The predicted octanol–water partition coefficient (Wildman–Crippen LogP) is 0.742. The van der Waals surface area contributed by atoms with Crippen molar-refractivity contribution < 1.29 is 5.48 Å². The van der Waals surface area contributed by atoms with E-state index in [4.69, 9.17) is 0 Å². The van der Waals surface area contributed by atoms with Gasteiger partial charge < -0.3 is 5.48 Å². The van der Waals surface area contributed by atoms with Gasteiger partial charge in [0.2, 0.25) is 0 Å². The molecule has 2 heteroatoms. The van der Waals surface area contributed by atoms with Gasteiger partial charge in [-0.25, -0.2) is 0 Å². The van der Waals surface area contributed by atoms with Gasteiger partial charge in [-0.05, 0) is 0 Å². The van der Waals surface area contributed by atoms with E-state index < -0.39 is 0 Å². The molecule has 0 atom stereocenters. The van der Waals surface area contributed by atoms with Crippen molar-refractivity contribution in [3.63, 3.8) is 0 Å². The van der Waals surface area contributed by atoms with Crippen molar-refractivity contribution in [2.45, 2.75) is 23.8 Å². The molecule has 6 heavy (non-hydrogen) atoms. The fourth-order valence-electron chi connectivity index (χ4n) is 0.289. The van der Waals surface area contributed by atoms with Crippen LogP contribution in [0.15, 0.2) is 0 Å². The molecule has 0 aromatic rings. The molecule has 0 aliphatic carbocycles. The summed E-state index contributed by atoms with van der Waals surface area (Å²) in [5.74, 6) is 0. The number of rotatable bonds is 2. The van der Waals surface area contributed by atoms with Gasteiger partial charge in [0.15, 0.2) is 0 Å². The van der Waals surface area contributed by atoms with Crippen LogP contribution in [0, 0.1) is 0 Å². The van der Waals surface area contributed by atoms with Crippen LogP contribution in [0.4, 0.5) is 0 Å². The Hall–Kier alpha value is 0.596. The third-order valence-electron chi connectivity index (χ3n) is 0.577. The fourth-order valence-corrected chi connectivity index (χ4v) is 1.50. The van der Waals surface area contributed by atoms with Gasteiger partial charge in [-0.15, -0.1) is 0 Å². The summed E-state index contributed by atoms with van der Waals surface area (Å²) < 4.78 is 0. The monoisotopic (exact) mass is 145 g/mol. The SMILES string of the molecule is C[CH2][Ga][CH2]C.O. The molecule has 0 aromatic carbocycles. The molecule has 0 bridgehead atoms. The molecule has 0 unspecified atom stereocenters. The van der Waals surface area contributed by atoms with Gasteiger partial charge in [-0.1, -0.05) is 0 Å². The van der Waals surface area contributed by atoms with E-state index in [2.05, 4.69) is 13.8 Å². The van der Waals surface area contributed by atoms with Crippen LogP contribution in [0.2, 0.25) is 9.95 Å². The second kappa shape index (κ2) is 9.14. The first-order chi connectivity index (χ1) is 2.41. The van der Waals surface area contributed by atoms with Crippen molar-refractivity contribution in [3.8, 4) is 0 Å². The van der Waals surface area contributed by atoms with Gasteiger partial charge in [0.25, 0.3) is 0 Å². The first-order valence-corrected chi connectivity index (χ1v) is 5.66. The van der Waals surface area contributed by atoms with Crippen molar-refractivity contribution in [1.29, 1.82) is 0 Å². The van der Waals surface area contributed by atoms with Crippen molar-refractivity contribution >= 4 is 17.4 Å². The molecule has 0 spiro atoms. The summed E-state index contributed by atoms with van der Waals surface area (Å²) in [6, 6.07) is 0. The maximum Gasteiger partial charge on any atom is -0.412 e. The Bertz CT molecular complexity index is 15.0. The molecule has 0 saturated heterocycles. The van der Waals surface area contributed by atoms with Gasteiger partial charge in [-0.3, -0.25) is 0 Å². The van der Waals surface area contributed by atoms with Gasteiger partial charge in [0, 0.05) is 0 Å². The summed E-state index contributed by atoms with van der Waals surface area (Å²) in [6.45, 7) is 4.56. The third kappa shape index (κ3) is 8.82. The van der Waals surface area contributed by atoms with E-state index in [9.17, 15) is 0 Å². The maximum absolute atomic E-state index is 2.28. The Labute approximate surface area is 47.2 Å². The third-order valence-corrected chi connectivity index (χ3v) is 3.00. The van der Waals surface area contributed by atoms with Gasteiger partial charge in [-0.2, -0.15) is 0 Å². The predicted molar refractivity (Wildman–Crippen MR) is 30.3 cm³/mol. The van der Waals surface area contributed by atoms with Crippen molar-refractivity contribution in [2.24, 2.45) is 0 Å². The molecular formula is C4H12GaO. The molecule has 0 rings (SSSR count). The zero-order valence-electron chi connectivity index (χ0n) is 4.49. The van der Waals surface area contributed by atoms with E-state index in [-0.39, 0.29) is 5.48 Å². The van der Waals surface area contributed by atoms with Crippen LogP contribution < -0.4 is 0 Å². The van der Waals surface area contributed by atoms with Gasteiger partial charge >= 0.3 is 41.2 Å². The Balaban J connectivity index is 0. The average molecular weight is 146 g/mol. The number of hydrogen-bond donors (Lipinski definition) is 0. The Morgan fingerprint density at radius 2 is 1.50 bits per heavy atom. The van der Waals surface area contributed by atoms with Crippen LogP contribution in [0.3, 0.4) is 0 Å². The zero-order valence-corrected chi connectivity index (χ0v) is 6.91. The minimum Gasteiger partial charge on any atom is -0.412 e. The van der Waals surface area contributed by atoms with E-state index in [1.54, 1.807) is 0 Å². The largest absolute Gasteiger partial charge is 0.412 e. The molecule has 0 amide bonds. The Kier molecular flexibility index (Phi) is 14.9. The van der Waals surface area contributed by atoms with Gasteiger partial charge in [0.1, 0.15) is 0 Å². The van der Waals surface area contributed by atoms with E-state index in [1.165, 1.54) is 9.95 Å². The second-order valence-corrected chi connectivity index (χ2v) is 5.74. The summed E-state index contributed by atoms with van der Waals surface area (Å²) in [6.07, 6.45) is 0. The minimum absolute atomic E-state index is 0. The molecule has 0 heterocycles. The van der Waals surface area contributed by atoms with Crippen LogP contribution in [-0.4, -0.2) is 22.9 Å². The molecule has 37 valence electrons. The molecule has 0 fully saturated rings. The van der Waals surface area contributed by atoms with Crippen LogP contribution in [-0.2, 0) is 0 Å². The summed E-state index contributed by atoms with van der Waals surface area (Å²) in [5.41, 5.74) is 0. The fraction of sp³-hybridized carbons (Fsp3) is 1.00. The van der Waals surface area contributed by atoms with Crippen molar-refractivity contribution in [3.05, 3.63) is 0 Å². The zero-order chi connectivity index (χ0) is 4.12. The Morgan fingerprint density at radius 1 is 1.17 bits per heavy atom. The van der Waals surface area contributed by atoms with E-state index in [0.29, 0.717) is 17.4 Å². The van der Waals surface area contributed by atoms with Crippen LogP contribution in [0.25, 0.3) is 0 Å². The summed E-state index contributed by atoms with van der Waals surface area (Å²) in [7, 11) is 0. The number of hydrogen-bond acceptors (Lipinski definition) is 0. The molecule has 0 saturated carbocycles. The maximum atomic E-state index is 2.28. The first-order valence-electron chi connectivity index (χ1n) is 2.23. The molecule has 2 N–H and O–H groups in total. The molecule has 1 nitrogen and oxygen atoms in total. The van der Waals surface area contributed by atoms with Crippen molar-refractivity contribution in [1.82, 2.24) is 0 Å². The van der Waals surface area contributed by atoms with Crippen LogP contribution in [0.5, 0.6) is 0 Å². The first kappa shape index (κ1) is 9.78. The molecule has 0 aliphatic heterocycles. The molecule has 0 aromatic heterocycles. The average Bonchev–Trinajstić information content (AvgIpc) is 1.41. The van der Waals surface area contributed by atoms with Crippen LogP contribution >= 0.6 is 0 Å². The van der Waals surface area contributed by atoms with E-state index >= 15 is 0 Å². The smallest absolute Gasteiger partial charge is 0.412 e. The standard InChI is InChI=1S/2C2H5.Ga.H2O/c2*1-2;;/h2*1H2,2H3;;1H2. The van der Waals surface area contributed by atoms with Crippen LogP contribution in [0.1, 0.15) is 13.8 Å². The minimum atomic E-state index is 0. The topological polar surface area (TPSA) is 31.5 Å². The summed E-state index contributed by atoms with van der Waals surface area (Å²) >= 11 is 0.312.